The maximum Gasteiger partial charge on any atom is 0.408 e. The molecule has 51 heavy (non-hydrogen) atoms. The maximum atomic E-state index is 14.7. The Morgan fingerprint density at radius 1 is 1.14 bits per heavy atom. The number of esters is 1. The van der Waals surface area contributed by atoms with Crippen molar-refractivity contribution in [1.82, 2.24) is 31.1 Å². The van der Waals surface area contributed by atoms with Crippen LogP contribution >= 0.6 is 23.2 Å². The number of aromatic nitrogens is 3. The van der Waals surface area contributed by atoms with Gasteiger partial charge >= 0.3 is 12.1 Å². The number of benzene rings is 2. The van der Waals surface area contributed by atoms with Crippen molar-refractivity contribution in [2.75, 3.05) is 7.11 Å². The number of carbonyl (C=O) groups is 4. The van der Waals surface area contributed by atoms with E-state index >= 15 is 0 Å². The van der Waals surface area contributed by atoms with E-state index in [1.165, 1.54) is 7.11 Å². The molecule has 272 valence electrons. The lowest BCUT2D eigenvalue weighted by Gasteiger charge is -2.41. The summed E-state index contributed by atoms with van der Waals surface area (Å²) in [7, 11) is 1.21. The van der Waals surface area contributed by atoms with E-state index in [0.717, 1.165) is 22.2 Å². The number of ether oxygens (including phenoxy) is 2. The Kier molecular flexibility index (Phi) is 11.6. The van der Waals surface area contributed by atoms with Gasteiger partial charge in [-0.1, -0.05) is 80.7 Å². The first-order valence-corrected chi connectivity index (χ1v) is 17.6. The first kappa shape index (κ1) is 37.6. The van der Waals surface area contributed by atoms with Gasteiger partial charge < -0.3 is 34.9 Å². The molecule has 2 aromatic heterocycles. The number of nitrogens with one attached hydrogen (secondary N) is 4. The Morgan fingerprint density at radius 2 is 1.88 bits per heavy atom. The molecule has 13 nitrogen and oxygen atoms in total. The van der Waals surface area contributed by atoms with Crippen LogP contribution in [0.3, 0.4) is 0 Å². The third-order valence-corrected chi connectivity index (χ3v) is 10.2. The molecule has 4 N–H and O–H groups in total. The molecule has 0 radical (unpaired) electrons. The average Bonchev–Trinajstić information content (AvgIpc) is 3.73. The van der Waals surface area contributed by atoms with Gasteiger partial charge in [-0.25, -0.2) is 9.59 Å². The predicted octanol–water partition coefficient (Wildman–Crippen LogP) is 5.86. The predicted molar refractivity (Wildman–Crippen MR) is 190 cm³/mol. The van der Waals surface area contributed by atoms with E-state index in [9.17, 15) is 19.2 Å². The van der Waals surface area contributed by atoms with Gasteiger partial charge in [0.05, 0.1) is 17.6 Å². The van der Waals surface area contributed by atoms with Crippen LogP contribution < -0.4 is 16.0 Å². The summed E-state index contributed by atoms with van der Waals surface area (Å²) in [5.74, 6) is -2.15. The molecule has 2 unspecified atom stereocenters. The van der Waals surface area contributed by atoms with Crippen molar-refractivity contribution in [2.24, 2.45) is 5.92 Å². The SMILES string of the molecule is CCC(C)C(NC(=O)OCc1ccccc1)C(=O)N[C@@]1(C(=O)N[C@@](C)(CC)Cc2nc(C(=O)OC)no2)CCc2[nH]c3c(Cl)cc(Cl)cc3c2C1. The van der Waals surface area contributed by atoms with Gasteiger partial charge in [0.2, 0.25) is 17.7 Å². The monoisotopic (exact) mass is 740 g/mol. The van der Waals surface area contributed by atoms with Crippen LogP contribution in [0.15, 0.2) is 47.0 Å². The molecule has 0 fully saturated rings. The van der Waals surface area contributed by atoms with Crippen LogP contribution in [0.5, 0.6) is 0 Å². The first-order chi connectivity index (χ1) is 24.3. The van der Waals surface area contributed by atoms with Crippen LogP contribution in [-0.2, 0) is 44.9 Å². The van der Waals surface area contributed by atoms with E-state index < -0.39 is 41.0 Å². The number of rotatable bonds is 13. The number of halogens is 2. The van der Waals surface area contributed by atoms with Crippen molar-refractivity contribution in [1.29, 1.82) is 0 Å². The van der Waals surface area contributed by atoms with Gasteiger partial charge in [0, 0.05) is 34.5 Å². The summed E-state index contributed by atoms with van der Waals surface area (Å²) in [5, 5.41) is 14.3. The molecule has 0 saturated carbocycles. The molecule has 0 aliphatic heterocycles. The van der Waals surface area contributed by atoms with Crippen LogP contribution in [-0.4, -0.2) is 63.2 Å². The van der Waals surface area contributed by atoms with Crippen molar-refractivity contribution in [2.45, 2.75) is 89.9 Å². The van der Waals surface area contributed by atoms with Gasteiger partial charge in [-0.15, -0.1) is 0 Å². The molecule has 0 bridgehead atoms. The summed E-state index contributed by atoms with van der Waals surface area (Å²) in [4.78, 5) is 61.4. The Labute approximate surface area is 305 Å². The number of H-pyrrole nitrogens is 1. The van der Waals surface area contributed by atoms with E-state index in [4.69, 9.17) is 32.5 Å². The minimum absolute atomic E-state index is 0.0269. The zero-order valence-electron chi connectivity index (χ0n) is 29.2. The standard InChI is InChI=1S/C36H42Cl2N6O7/c1-6-20(3)28(41-34(48)50-19-21-11-9-8-10-12-21)31(45)42-36(14-13-26-24(17-36)23-15-22(37)16-25(38)29(23)39-26)33(47)43-35(4,7-2)18-27-40-30(44-51-27)32(46)49-5/h8-12,15-16,20,28,39H,6-7,13-14,17-19H2,1-5H3,(H,41,48)(H,42,45)(H,43,47)/t20?,28?,35-,36-/m0/s1. The van der Waals surface area contributed by atoms with E-state index in [1.54, 1.807) is 12.1 Å². The Morgan fingerprint density at radius 3 is 2.57 bits per heavy atom. The summed E-state index contributed by atoms with van der Waals surface area (Å²) < 4.78 is 15.4. The summed E-state index contributed by atoms with van der Waals surface area (Å²) >= 11 is 13.0. The number of hydrogen-bond donors (Lipinski definition) is 4. The molecule has 3 amide bonds. The van der Waals surface area contributed by atoms with Gasteiger partial charge in [-0.05, 0) is 60.5 Å². The number of carbonyl (C=O) groups excluding carboxylic acids is 4. The highest BCUT2D eigenvalue weighted by atomic mass is 35.5. The zero-order valence-corrected chi connectivity index (χ0v) is 30.7. The molecule has 4 atom stereocenters. The minimum atomic E-state index is -1.46. The van der Waals surface area contributed by atoms with E-state index in [-0.39, 0.29) is 43.5 Å². The Balaban J connectivity index is 1.45. The zero-order chi connectivity index (χ0) is 36.9. The number of aryl methyl sites for hydroxylation is 1. The van der Waals surface area contributed by atoms with Gasteiger partial charge in [0.25, 0.3) is 5.82 Å². The number of aromatic amines is 1. The number of alkyl carbamates (subject to hydrolysis) is 1. The van der Waals surface area contributed by atoms with Crippen molar-refractivity contribution in [3.63, 3.8) is 0 Å². The molecule has 4 aromatic rings. The van der Waals surface area contributed by atoms with Crippen molar-refractivity contribution >= 4 is 58.0 Å². The number of amides is 3. The molecule has 15 heteroatoms. The lowest BCUT2D eigenvalue weighted by molar-refractivity contribution is -0.137. The van der Waals surface area contributed by atoms with Crippen LogP contribution in [0.2, 0.25) is 10.0 Å². The molecule has 1 aliphatic rings. The van der Waals surface area contributed by atoms with Gasteiger partial charge in [-0.2, -0.15) is 4.98 Å². The molecule has 2 aromatic carbocycles. The van der Waals surface area contributed by atoms with Crippen LogP contribution in [0.25, 0.3) is 10.9 Å². The normalized spacial score (nSPS) is 17.8. The van der Waals surface area contributed by atoms with Gasteiger partial charge in [0.1, 0.15) is 18.2 Å². The second-order valence-corrected chi connectivity index (χ2v) is 14.1. The van der Waals surface area contributed by atoms with Crippen molar-refractivity contribution < 1.29 is 33.2 Å². The molecule has 1 aliphatic carbocycles. The van der Waals surface area contributed by atoms with Crippen molar-refractivity contribution in [3.05, 3.63) is 81.0 Å². The lowest BCUT2D eigenvalue weighted by Crippen LogP contribution is -2.67. The average molecular weight is 742 g/mol. The van der Waals surface area contributed by atoms with Crippen LogP contribution in [0.4, 0.5) is 4.79 Å². The second-order valence-electron chi connectivity index (χ2n) is 13.3. The second kappa shape index (κ2) is 15.7. The molecular weight excluding hydrogens is 699 g/mol. The Bertz CT molecular complexity index is 1910. The smallest absolute Gasteiger partial charge is 0.408 e. The lowest BCUT2D eigenvalue weighted by atomic mass is 9.77. The van der Waals surface area contributed by atoms with Crippen LogP contribution in [0.1, 0.15) is 80.3 Å². The van der Waals surface area contributed by atoms with Gasteiger partial charge in [-0.3, -0.25) is 9.59 Å². The molecule has 2 heterocycles. The van der Waals surface area contributed by atoms with Gasteiger partial charge in [0.15, 0.2) is 0 Å². The third-order valence-electron chi connectivity index (χ3n) is 9.65. The number of nitrogens with zero attached hydrogens (tertiary/aromatic N) is 2. The molecule has 0 saturated heterocycles. The fraction of sp³-hybridized carbons (Fsp3) is 0.444. The number of hydrogen-bond acceptors (Lipinski definition) is 9. The minimum Gasteiger partial charge on any atom is -0.463 e. The first-order valence-electron chi connectivity index (χ1n) is 16.8. The summed E-state index contributed by atoms with van der Waals surface area (Å²) in [6, 6.07) is 11.6. The van der Waals surface area contributed by atoms with Crippen molar-refractivity contribution in [3.8, 4) is 0 Å². The summed E-state index contributed by atoms with van der Waals surface area (Å²) in [5.41, 5.74) is 0.766. The van der Waals surface area contributed by atoms with E-state index in [1.807, 2.05) is 58.0 Å². The number of methoxy groups -OCH3 is 1. The van der Waals surface area contributed by atoms with E-state index in [0.29, 0.717) is 34.8 Å². The molecular formula is C36H42Cl2N6O7. The van der Waals surface area contributed by atoms with E-state index in [2.05, 4.69) is 35.8 Å². The van der Waals surface area contributed by atoms with Crippen LogP contribution in [0, 0.1) is 5.92 Å². The molecule has 5 rings (SSSR count). The maximum absolute atomic E-state index is 14.7. The third kappa shape index (κ3) is 8.48. The summed E-state index contributed by atoms with van der Waals surface area (Å²) in [6.45, 7) is 7.48. The summed E-state index contributed by atoms with van der Waals surface area (Å²) in [6.07, 6.45) is 1.08. The fourth-order valence-corrected chi connectivity index (χ4v) is 6.76. The highest BCUT2D eigenvalue weighted by molar-refractivity contribution is 6.38. The quantitative estimate of drug-likeness (QED) is 0.122. The largest absolute Gasteiger partial charge is 0.463 e. The highest BCUT2D eigenvalue weighted by Gasteiger charge is 2.47. The topological polar surface area (TPSA) is 178 Å². The Hall–Kier alpha value is -4.62. The fourth-order valence-electron chi connectivity index (χ4n) is 6.22. The molecule has 0 spiro atoms. The number of fused-ring (bicyclic) bond motifs is 3. The highest BCUT2D eigenvalue weighted by Crippen LogP contribution is 2.38.